The van der Waals surface area contributed by atoms with Crippen molar-refractivity contribution in [3.8, 4) is 0 Å². The average Bonchev–Trinajstić information content (AvgIpc) is 2.04. The van der Waals surface area contributed by atoms with Crippen molar-refractivity contribution >= 4 is 0 Å². The van der Waals surface area contributed by atoms with Gasteiger partial charge in [-0.25, -0.2) is 0 Å². The molecule has 0 aromatic carbocycles. The molecule has 0 fully saturated rings. The van der Waals surface area contributed by atoms with E-state index in [2.05, 4.69) is 32.9 Å². The van der Waals surface area contributed by atoms with Crippen LogP contribution < -0.4 is 0 Å². The number of hydrogen-bond acceptors (Lipinski definition) is 0. The first kappa shape index (κ1) is 10.7. The SMILES string of the molecule is CCCC/C=C\C[C@@H](C)CC. The second kappa shape index (κ2) is 7.84. The lowest BCUT2D eigenvalue weighted by molar-refractivity contribution is 0.571. The highest BCUT2D eigenvalue weighted by atomic mass is 14.0. The van der Waals surface area contributed by atoms with Crippen molar-refractivity contribution in [2.24, 2.45) is 5.92 Å². The summed E-state index contributed by atoms with van der Waals surface area (Å²) < 4.78 is 0. The van der Waals surface area contributed by atoms with Crippen LogP contribution in [0.1, 0.15) is 52.9 Å². The van der Waals surface area contributed by atoms with Gasteiger partial charge in [0, 0.05) is 0 Å². The summed E-state index contributed by atoms with van der Waals surface area (Å²) in [4.78, 5) is 0. The van der Waals surface area contributed by atoms with Gasteiger partial charge in [-0.1, -0.05) is 52.2 Å². The van der Waals surface area contributed by atoms with Crippen molar-refractivity contribution in [2.75, 3.05) is 0 Å². The minimum Gasteiger partial charge on any atom is -0.0885 e. The molecule has 0 spiro atoms. The van der Waals surface area contributed by atoms with Crippen molar-refractivity contribution < 1.29 is 0 Å². The molecule has 0 heterocycles. The van der Waals surface area contributed by atoms with Crippen molar-refractivity contribution in [3.05, 3.63) is 12.2 Å². The molecular formula is C11H22. The zero-order valence-corrected chi connectivity index (χ0v) is 8.27. The Hall–Kier alpha value is -0.260. The third kappa shape index (κ3) is 7.64. The molecule has 0 bridgehead atoms. The summed E-state index contributed by atoms with van der Waals surface area (Å²) in [6, 6.07) is 0. The minimum atomic E-state index is 0.868. The molecule has 0 saturated carbocycles. The van der Waals surface area contributed by atoms with Gasteiger partial charge in [-0.15, -0.1) is 0 Å². The molecule has 0 aromatic heterocycles. The van der Waals surface area contributed by atoms with E-state index in [1.807, 2.05) is 0 Å². The summed E-state index contributed by atoms with van der Waals surface area (Å²) in [5.41, 5.74) is 0. The van der Waals surface area contributed by atoms with E-state index in [0.717, 1.165) is 5.92 Å². The van der Waals surface area contributed by atoms with Crippen LogP contribution in [0, 0.1) is 5.92 Å². The zero-order valence-electron chi connectivity index (χ0n) is 8.27. The Morgan fingerprint density at radius 1 is 1.18 bits per heavy atom. The van der Waals surface area contributed by atoms with Crippen LogP contribution in [0.5, 0.6) is 0 Å². The standard InChI is InChI=1S/C11H22/c1-4-6-7-8-9-10-11(3)5-2/h8-9,11H,4-7,10H2,1-3H3/b9-8-/t11-/m0/s1. The molecule has 66 valence electrons. The lowest BCUT2D eigenvalue weighted by atomic mass is 10.0. The van der Waals surface area contributed by atoms with Gasteiger partial charge in [0.1, 0.15) is 0 Å². The molecule has 0 aliphatic rings. The summed E-state index contributed by atoms with van der Waals surface area (Å²) in [7, 11) is 0. The van der Waals surface area contributed by atoms with Gasteiger partial charge in [0.25, 0.3) is 0 Å². The second-order valence-corrected chi connectivity index (χ2v) is 3.36. The number of rotatable bonds is 6. The average molecular weight is 154 g/mol. The molecule has 0 amide bonds. The maximum atomic E-state index is 2.34. The zero-order chi connectivity index (χ0) is 8.53. The van der Waals surface area contributed by atoms with Crippen LogP contribution >= 0.6 is 0 Å². The summed E-state index contributed by atoms with van der Waals surface area (Å²) in [5.74, 6) is 0.868. The lowest BCUT2D eigenvalue weighted by Crippen LogP contribution is -1.87. The van der Waals surface area contributed by atoms with E-state index >= 15 is 0 Å². The first-order valence-corrected chi connectivity index (χ1v) is 4.96. The second-order valence-electron chi connectivity index (χ2n) is 3.36. The highest BCUT2D eigenvalue weighted by Gasteiger charge is 1.92. The van der Waals surface area contributed by atoms with Gasteiger partial charge in [0.05, 0.1) is 0 Å². The number of allylic oxidation sites excluding steroid dienone is 2. The fourth-order valence-electron chi connectivity index (χ4n) is 0.935. The molecule has 0 saturated heterocycles. The van der Waals surface area contributed by atoms with E-state index in [-0.39, 0.29) is 0 Å². The topological polar surface area (TPSA) is 0 Å². The first-order chi connectivity index (χ1) is 5.31. The minimum absolute atomic E-state index is 0.868. The van der Waals surface area contributed by atoms with Gasteiger partial charge in [0.15, 0.2) is 0 Å². The Morgan fingerprint density at radius 2 is 1.91 bits per heavy atom. The summed E-state index contributed by atoms with van der Waals surface area (Å²) >= 11 is 0. The fourth-order valence-corrected chi connectivity index (χ4v) is 0.935. The third-order valence-corrected chi connectivity index (χ3v) is 2.13. The molecule has 0 aliphatic heterocycles. The molecule has 0 heteroatoms. The molecule has 0 radical (unpaired) electrons. The summed E-state index contributed by atoms with van der Waals surface area (Å²) in [5, 5.41) is 0. The number of hydrogen-bond donors (Lipinski definition) is 0. The summed E-state index contributed by atoms with van der Waals surface area (Å²) in [6.45, 7) is 6.80. The normalized spacial score (nSPS) is 14.1. The van der Waals surface area contributed by atoms with Crippen molar-refractivity contribution in [1.82, 2.24) is 0 Å². The highest BCUT2D eigenvalue weighted by molar-refractivity contribution is 4.82. The Balaban J connectivity index is 3.15. The Morgan fingerprint density at radius 3 is 2.45 bits per heavy atom. The largest absolute Gasteiger partial charge is 0.0885 e. The van der Waals surface area contributed by atoms with E-state index in [9.17, 15) is 0 Å². The molecular weight excluding hydrogens is 132 g/mol. The van der Waals surface area contributed by atoms with E-state index in [4.69, 9.17) is 0 Å². The first-order valence-electron chi connectivity index (χ1n) is 4.96. The van der Waals surface area contributed by atoms with E-state index in [1.165, 1.54) is 32.1 Å². The summed E-state index contributed by atoms with van der Waals surface area (Å²) in [6.07, 6.45) is 11.2. The van der Waals surface area contributed by atoms with Crippen molar-refractivity contribution in [1.29, 1.82) is 0 Å². The van der Waals surface area contributed by atoms with Crippen LogP contribution in [-0.2, 0) is 0 Å². The van der Waals surface area contributed by atoms with Crippen molar-refractivity contribution in [2.45, 2.75) is 52.9 Å². The quantitative estimate of drug-likeness (QED) is 0.398. The van der Waals surface area contributed by atoms with Crippen LogP contribution in [0.2, 0.25) is 0 Å². The molecule has 11 heavy (non-hydrogen) atoms. The monoisotopic (exact) mass is 154 g/mol. The molecule has 0 rings (SSSR count). The van der Waals surface area contributed by atoms with E-state index in [0.29, 0.717) is 0 Å². The van der Waals surface area contributed by atoms with Gasteiger partial charge < -0.3 is 0 Å². The highest BCUT2D eigenvalue weighted by Crippen LogP contribution is 2.07. The van der Waals surface area contributed by atoms with Crippen LogP contribution in [0.15, 0.2) is 12.2 Å². The molecule has 0 N–H and O–H groups in total. The van der Waals surface area contributed by atoms with Gasteiger partial charge in [-0.05, 0) is 18.8 Å². The van der Waals surface area contributed by atoms with Crippen LogP contribution in [-0.4, -0.2) is 0 Å². The van der Waals surface area contributed by atoms with Gasteiger partial charge in [0.2, 0.25) is 0 Å². The molecule has 1 atom stereocenters. The van der Waals surface area contributed by atoms with Gasteiger partial charge >= 0.3 is 0 Å². The molecule has 0 nitrogen and oxygen atoms in total. The Bertz CT molecular complexity index is 92.2. The van der Waals surface area contributed by atoms with Gasteiger partial charge in [-0.3, -0.25) is 0 Å². The Kier molecular flexibility index (Phi) is 7.66. The predicted molar refractivity (Wildman–Crippen MR) is 52.7 cm³/mol. The van der Waals surface area contributed by atoms with Crippen LogP contribution in [0.25, 0.3) is 0 Å². The van der Waals surface area contributed by atoms with Crippen molar-refractivity contribution in [3.63, 3.8) is 0 Å². The molecule has 0 unspecified atom stereocenters. The smallest absolute Gasteiger partial charge is 0.0325 e. The van der Waals surface area contributed by atoms with Crippen LogP contribution in [0.4, 0.5) is 0 Å². The van der Waals surface area contributed by atoms with Gasteiger partial charge in [-0.2, -0.15) is 0 Å². The molecule has 0 aliphatic carbocycles. The lowest BCUT2D eigenvalue weighted by Gasteiger charge is -2.01. The third-order valence-electron chi connectivity index (χ3n) is 2.13. The van der Waals surface area contributed by atoms with Crippen LogP contribution in [0.3, 0.4) is 0 Å². The maximum Gasteiger partial charge on any atom is -0.0325 e. The molecule has 0 aromatic rings. The number of unbranched alkanes of at least 4 members (excludes halogenated alkanes) is 2. The maximum absolute atomic E-state index is 2.34. The Labute approximate surface area is 71.7 Å². The fraction of sp³-hybridized carbons (Fsp3) is 0.818. The predicted octanol–water partition coefficient (Wildman–Crippen LogP) is 4.17. The van der Waals surface area contributed by atoms with E-state index < -0.39 is 0 Å². The van der Waals surface area contributed by atoms with E-state index in [1.54, 1.807) is 0 Å².